The van der Waals surface area contributed by atoms with E-state index in [1.165, 1.54) is 18.9 Å². The molecule has 7 nitrogen and oxygen atoms in total. The Balaban J connectivity index is 1.34. The van der Waals surface area contributed by atoms with Crippen LogP contribution in [0.15, 0.2) is 41.6 Å². The maximum atomic E-state index is 12.1. The molecule has 0 amide bonds. The molecule has 29 heavy (non-hydrogen) atoms. The number of piperidine rings is 1. The fourth-order valence-corrected chi connectivity index (χ4v) is 4.07. The van der Waals surface area contributed by atoms with Gasteiger partial charge in [-0.1, -0.05) is 11.6 Å². The van der Waals surface area contributed by atoms with E-state index in [1.807, 2.05) is 6.07 Å². The molecule has 3 aromatic heterocycles. The van der Waals surface area contributed by atoms with Crippen molar-refractivity contribution in [1.82, 2.24) is 19.5 Å². The Kier molecular flexibility index (Phi) is 4.83. The van der Waals surface area contributed by atoms with Gasteiger partial charge in [0.1, 0.15) is 5.52 Å². The van der Waals surface area contributed by atoms with Gasteiger partial charge in [0, 0.05) is 44.1 Å². The lowest BCUT2D eigenvalue weighted by Crippen LogP contribution is -2.37. The highest BCUT2D eigenvalue weighted by Gasteiger charge is 2.27. The summed E-state index contributed by atoms with van der Waals surface area (Å²) in [6.07, 6.45) is 9.61. The van der Waals surface area contributed by atoms with E-state index in [4.69, 9.17) is 21.6 Å². The molecule has 4 heterocycles. The number of nitrogens with zero attached hydrogens (tertiary/aromatic N) is 5. The predicted octanol–water partition coefficient (Wildman–Crippen LogP) is 3.33. The molecule has 8 heteroatoms. The molecule has 0 spiro atoms. The number of rotatable bonds is 5. The summed E-state index contributed by atoms with van der Waals surface area (Å²) in [5.41, 5.74) is 1.68. The number of pyridine rings is 2. The minimum Gasteiger partial charge on any atom is -0.364 e. The first-order valence-corrected chi connectivity index (χ1v) is 10.5. The van der Waals surface area contributed by atoms with Crippen LogP contribution in [0, 0.1) is 5.92 Å². The summed E-state index contributed by atoms with van der Waals surface area (Å²) in [5.74, 6) is 2.23. The molecule has 2 aliphatic rings. The summed E-state index contributed by atoms with van der Waals surface area (Å²) in [4.78, 5) is 28.3. The Bertz CT molecular complexity index is 1090. The van der Waals surface area contributed by atoms with Crippen LogP contribution in [0.2, 0.25) is 5.02 Å². The summed E-state index contributed by atoms with van der Waals surface area (Å²) in [6.45, 7) is 2.48. The second-order valence-electron chi connectivity index (χ2n) is 7.95. The van der Waals surface area contributed by atoms with Crippen LogP contribution in [-0.2, 0) is 6.54 Å². The van der Waals surface area contributed by atoms with Crippen LogP contribution < -0.4 is 15.8 Å². The van der Waals surface area contributed by atoms with Crippen molar-refractivity contribution in [2.24, 2.45) is 5.92 Å². The largest absolute Gasteiger partial charge is 0.364 e. The van der Waals surface area contributed by atoms with E-state index < -0.39 is 0 Å². The van der Waals surface area contributed by atoms with Gasteiger partial charge >= 0.3 is 0 Å². The molecule has 1 saturated heterocycles. The van der Waals surface area contributed by atoms with Gasteiger partial charge in [0.15, 0.2) is 11.6 Å². The zero-order valence-corrected chi connectivity index (χ0v) is 16.8. The molecule has 0 unspecified atom stereocenters. The Labute approximate surface area is 173 Å². The lowest BCUT2D eigenvalue weighted by molar-refractivity contribution is 0.352. The van der Waals surface area contributed by atoms with Crippen molar-refractivity contribution in [3.63, 3.8) is 0 Å². The molecule has 3 aromatic rings. The number of anilines is 2. The van der Waals surface area contributed by atoms with E-state index in [2.05, 4.69) is 15.2 Å². The first-order valence-electron chi connectivity index (χ1n) is 10.1. The van der Waals surface area contributed by atoms with E-state index in [1.54, 1.807) is 29.2 Å². The average Bonchev–Trinajstić information content (AvgIpc) is 3.55. The molecule has 0 bridgehead atoms. The molecule has 5 rings (SSSR count). The summed E-state index contributed by atoms with van der Waals surface area (Å²) in [6, 6.07) is 5.59. The Hall–Kier alpha value is -2.67. The summed E-state index contributed by atoms with van der Waals surface area (Å²) in [5, 5.41) is 4.14. The Morgan fingerprint density at radius 2 is 1.90 bits per heavy atom. The fraction of sp³-hybridized carbons (Fsp3) is 0.429. The van der Waals surface area contributed by atoms with Crippen molar-refractivity contribution in [3.05, 3.63) is 52.2 Å². The van der Waals surface area contributed by atoms with Crippen LogP contribution in [0.4, 0.5) is 11.6 Å². The SMILES string of the molecule is O=c1ccc(Cl)cn1CC1CCN(c2nc3cnccc3nc2NC2CC2)CC1. The van der Waals surface area contributed by atoms with Crippen LogP contribution in [-0.4, -0.2) is 38.7 Å². The van der Waals surface area contributed by atoms with Crippen LogP contribution in [0.25, 0.3) is 11.0 Å². The lowest BCUT2D eigenvalue weighted by Gasteiger charge is -2.34. The van der Waals surface area contributed by atoms with E-state index in [9.17, 15) is 4.79 Å². The molecule has 0 atom stereocenters. The molecule has 0 radical (unpaired) electrons. The molecule has 150 valence electrons. The Morgan fingerprint density at radius 3 is 2.69 bits per heavy atom. The van der Waals surface area contributed by atoms with Gasteiger partial charge in [-0.25, -0.2) is 9.97 Å². The normalized spacial score (nSPS) is 17.6. The van der Waals surface area contributed by atoms with Gasteiger partial charge in [0.25, 0.3) is 5.56 Å². The fourth-order valence-electron chi connectivity index (χ4n) is 3.89. The third kappa shape index (κ3) is 4.05. The first kappa shape index (κ1) is 18.4. The van der Waals surface area contributed by atoms with Gasteiger partial charge in [-0.2, -0.15) is 0 Å². The highest BCUT2D eigenvalue weighted by Crippen LogP contribution is 2.32. The van der Waals surface area contributed by atoms with Crippen molar-refractivity contribution in [3.8, 4) is 0 Å². The van der Waals surface area contributed by atoms with Gasteiger partial charge in [-0.05, 0) is 43.7 Å². The van der Waals surface area contributed by atoms with Crippen molar-refractivity contribution in [2.75, 3.05) is 23.3 Å². The third-order valence-electron chi connectivity index (χ3n) is 5.68. The molecule has 1 aliphatic carbocycles. The maximum absolute atomic E-state index is 12.1. The van der Waals surface area contributed by atoms with E-state index in [0.717, 1.165) is 48.6 Å². The average molecular weight is 411 g/mol. The number of nitrogens with one attached hydrogen (secondary N) is 1. The summed E-state index contributed by atoms with van der Waals surface area (Å²) >= 11 is 6.05. The van der Waals surface area contributed by atoms with Gasteiger partial charge < -0.3 is 14.8 Å². The smallest absolute Gasteiger partial charge is 0.250 e. The third-order valence-corrected chi connectivity index (χ3v) is 5.91. The number of aromatic nitrogens is 4. The zero-order valence-electron chi connectivity index (χ0n) is 16.1. The van der Waals surface area contributed by atoms with Gasteiger partial charge in [0.05, 0.1) is 16.7 Å². The van der Waals surface area contributed by atoms with Crippen molar-refractivity contribution >= 4 is 34.3 Å². The highest BCUT2D eigenvalue weighted by atomic mass is 35.5. The summed E-state index contributed by atoms with van der Waals surface area (Å²) in [7, 11) is 0. The van der Waals surface area contributed by atoms with Crippen molar-refractivity contribution < 1.29 is 0 Å². The molecule has 1 N–H and O–H groups in total. The minimum atomic E-state index is 0.000597. The van der Waals surface area contributed by atoms with Crippen LogP contribution in [0.5, 0.6) is 0 Å². The maximum Gasteiger partial charge on any atom is 0.250 e. The zero-order chi connectivity index (χ0) is 19.8. The quantitative estimate of drug-likeness (QED) is 0.695. The van der Waals surface area contributed by atoms with Crippen molar-refractivity contribution in [1.29, 1.82) is 0 Å². The van der Waals surface area contributed by atoms with Crippen LogP contribution in [0.1, 0.15) is 25.7 Å². The molecule has 1 aliphatic heterocycles. The predicted molar refractivity (Wildman–Crippen MR) is 115 cm³/mol. The minimum absolute atomic E-state index is 0.000597. The second kappa shape index (κ2) is 7.63. The van der Waals surface area contributed by atoms with Crippen LogP contribution >= 0.6 is 11.6 Å². The number of hydrogen-bond acceptors (Lipinski definition) is 6. The van der Waals surface area contributed by atoms with Gasteiger partial charge in [-0.15, -0.1) is 0 Å². The van der Waals surface area contributed by atoms with E-state index in [0.29, 0.717) is 23.5 Å². The molecule has 2 fully saturated rings. The number of fused-ring (bicyclic) bond motifs is 1. The first-order chi connectivity index (χ1) is 14.2. The monoisotopic (exact) mass is 410 g/mol. The van der Waals surface area contributed by atoms with E-state index >= 15 is 0 Å². The van der Waals surface area contributed by atoms with Gasteiger partial charge in [0.2, 0.25) is 0 Å². The molecule has 1 saturated carbocycles. The Morgan fingerprint density at radius 1 is 1.07 bits per heavy atom. The van der Waals surface area contributed by atoms with Gasteiger partial charge in [-0.3, -0.25) is 9.78 Å². The molecule has 0 aromatic carbocycles. The van der Waals surface area contributed by atoms with Crippen molar-refractivity contribution in [2.45, 2.75) is 38.3 Å². The highest BCUT2D eigenvalue weighted by molar-refractivity contribution is 6.30. The molecular formula is C21H23ClN6O. The topological polar surface area (TPSA) is 75.9 Å². The number of hydrogen-bond donors (Lipinski definition) is 1. The second-order valence-corrected chi connectivity index (χ2v) is 8.38. The lowest BCUT2D eigenvalue weighted by atomic mass is 9.96. The van der Waals surface area contributed by atoms with Crippen LogP contribution in [0.3, 0.4) is 0 Å². The van der Waals surface area contributed by atoms with E-state index in [-0.39, 0.29) is 5.56 Å². The summed E-state index contributed by atoms with van der Waals surface area (Å²) < 4.78 is 1.73. The molecular weight excluding hydrogens is 388 g/mol. The standard InChI is InChI=1S/C21H23ClN6O/c22-15-1-4-19(29)28(13-15)12-14-6-9-27(10-7-14)21-20(24-16-2-3-16)25-17-5-8-23-11-18(17)26-21/h1,4-5,8,11,13-14,16H,2-3,6-7,9-10,12H2,(H,24,25). The number of halogens is 1.